The molecule has 0 aliphatic carbocycles. The van der Waals surface area contributed by atoms with E-state index in [0.29, 0.717) is 22.3 Å². The van der Waals surface area contributed by atoms with Gasteiger partial charge >= 0.3 is 0 Å². The van der Waals surface area contributed by atoms with Crippen molar-refractivity contribution in [2.75, 3.05) is 6.54 Å². The fourth-order valence-corrected chi connectivity index (χ4v) is 2.40. The van der Waals surface area contributed by atoms with Crippen molar-refractivity contribution in [2.45, 2.75) is 19.8 Å². The highest BCUT2D eigenvalue weighted by Crippen LogP contribution is 2.41. The van der Waals surface area contributed by atoms with Crippen molar-refractivity contribution in [2.24, 2.45) is 5.73 Å². The number of hydrogen-bond donors (Lipinski definition) is 5. The Morgan fingerprint density at radius 3 is 1.50 bits per heavy atom. The van der Waals surface area contributed by atoms with Crippen molar-refractivity contribution in [3.05, 3.63) is 46.5 Å². The highest BCUT2D eigenvalue weighted by atomic mass is 35.5. The first-order valence-electron chi connectivity index (χ1n) is 6.61. The van der Waals surface area contributed by atoms with Gasteiger partial charge in [-0.05, 0) is 26.0 Å². The first-order chi connectivity index (χ1) is 9.88. The van der Waals surface area contributed by atoms with Crippen LogP contribution in [0.4, 0.5) is 0 Å². The van der Waals surface area contributed by atoms with Crippen LogP contribution in [0.2, 0.25) is 0 Å². The van der Waals surface area contributed by atoms with E-state index in [0.717, 1.165) is 0 Å². The molecule has 0 saturated heterocycles. The molecule has 0 bridgehead atoms. The molecular formula is C16H20ClNO4. The molecule has 5 nitrogen and oxygen atoms in total. The maximum atomic E-state index is 10.2. The van der Waals surface area contributed by atoms with Gasteiger partial charge in [0.05, 0.1) is 0 Å². The van der Waals surface area contributed by atoms with E-state index in [9.17, 15) is 20.4 Å². The Bertz CT molecular complexity index is 631. The van der Waals surface area contributed by atoms with Gasteiger partial charge in [0, 0.05) is 34.7 Å². The van der Waals surface area contributed by atoms with E-state index < -0.39 is 5.92 Å². The second kappa shape index (κ2) is 6.77. The van der Waals surface area contributed by atoms with E-state index in [-0.39, 0.29) is 41.9 Å². The van der Waals surface area contributed by atoms with Crippen molar-refractivity contribution in [3.63, 3.8) is 0 Å². The van der Waals surface area contributed by atoms with Gasteiger partial charge in [-0.1, -0.05) is 12.1 Å². The lowest BCUT2D eigenvalue weighted by Crippen LogP contribution is -2.14. The monoisotopic (exact) mass is 325 g/mol. The minimum Gasteiger partial charge on any atom is -0.508 e. The van der Waals surface area contributed by atoms with E-state index in [1.54, 1.807) is 26.0 Å². The lowest BCUT2D eigenvalue weighted by molar-refractivity contribution is 0.430. The smallest absolute Gasteiger partial charge is 0.126 e. The van der Waals surface area contributed by atoms with Gasteiger partial charge in [-0.25, -0.2) is 0 Å². The van der Waals surface area contributed by atoms with Crippen LogP contribution in [-0.4, -0.2) is 27.0 Å². The average Bonchev–Trinajstić information content (AvgIpc) is 2.47. The van der Waals surface area contributed by atoms with E-state index in [1.165, 1.54) is 12.1 Å². The Balaban J connectivity index is 0.00000242. The maximum absolute atomic E-state index is 10.2. The van der Waals surface area contributed by atoms with Crippen LogP contribution in [0.5, 0.6) is 23.0 Å². The van der Waals surface area contributed by atoms with Crippen LogP contribution in [0, 0.1) is 13.8 Å². The van der Waals surface area contributed by atoms with Crippen molar-refractivity contribution in [1.29, 1.82) is 0 Å². The summed E-state index contributed by atoms with van der Waals surface area (Å²) in [5, 5.41) is 39.6. The van der Waals surface area contributed by atoms with Crippen molar-refractivity contribution >= 4 is 12.4 Å². The largest absolute Gasteiger partial charge is 0.508 e. The highest BCUT2D eigenvalue weighted by molar-refractivity contribution is 5.85. The number of aromatic hydroxyl groups is 4. The molecule has 0 aromatic heterocycles. The fourth-order valence-electron chi connectivity index (χ4n) is 2.40. The normalized spacial score (nSPS) is 10.5. The second-order valence-electron chi connectivity index (χ2n) is 5.08. The van der Waals surface area contributed by atoms with Gasteiger partial charge in [-0.3, -0.25) is 0 Å². The highest BCUT2D eigenvalue weighted by Gasteiger charge is 2.22. The van der Waals surface area contributed by atoms with E-state index in [1.807, 2.05) is 0 Å². The molecule has 120 valence electrons. The van der Waals surface area contributed by atoms with Crippen LogP contribution in [-0.2, 0) is 0 Å². The molecular weight excluding hydrogens is 306 g/mol. The first-order valence-corrected chi connectivity index (χ1v) is 6.61. The zero-order chi connectivity index (χ0) is 15.7. The quantitative estimate of drug-likeness (QED) is 0.596. The Hall–Kier alpha value is -2.11. The molecule has 22 heavy (non-hydrogen) atoms. The number of phenolic OH excluding ortho intramolecular Hbond substituents is 4. The molecule has 0 aliphatic heterocycles. The van der Waals surface area contributed by atoms with Crippen molar-refractivity contribution in [1.82, 2.24) is 0 Å². The summed E-state index contributed by atoms with van der Waals surface area (Å²) in [4.78, 5) is 0. The molecule has 0 aliphatic rings. The zero-order valence-electron chi connectivity index (χ0n) is 12.4. The summed E-state index contributed by atoms with van der Waals surface area (Å²) < 4.78 is 0. The van der Waals surface area contributed by atoms with Crippen LogP contribution in [0.25, 0.3) is 0 Å². The van der Waals surface area contributed by atoms with Crippen LogP contribution in [0.3, 0.4) is 0 Å². The molecule has 0 saturated carbocycles. The van der Waals surface area contributed by atoms with Crippen LogP contribution in [0.1, 0.15) is 28.2 Å². The standard InChI is InChI=1S/C16H19NO4.ClH/c1-8-13(18)5-3-10(15(8)20)12(7-17)11-4-6-14(19)9(2)16(11)21;/h3-6,12,18-21H,7,17H2,1-2H3;1H. The van der Waals surface area contributed by atoms with Crippen molar-refractivity contribution in [3.8, 4) is 23.0 Å². The van der Waals surface area contributed by atoms with Gasteiger partial charge in [-0.15, -0.1) is 12.4 Å². The Morgan fingerprint density at radius 1 is 0.818 bits per heavy atom. The Morgan fingerprint density at radius 2 is 1.18 bits per heavy atom. The summed E-state index contributed by atoms with van der Waals surface area (Å²) in [5.74, 6) is -0.536. The number of nitrogens with two attached hydrogens (primary N) is 1. The van der Waals surface area contributed by atoms with Gasteiger partial charge in [-0.2, -0.15) is 0 Å². The number of rotatable bonds is 3. The molecule has 6 N–H and O–H groups in total. The van der Waals surface area contributed by atoms with Crippen LogP contribution in [0.15, 0.2) is 24.3 Å². The Kier molecular flexibility index (Phi) is 5.52. The topological polar surface area (TPSA) is 107 Å². The number of halogens is 1. The molecule has 0 amide bonds. The van der Waals surface area contributed by atoms with E-state index >= 15 is 0 Å². The molecule has 2 aromatic carbocycles. The third kappa shape index (κ3) is 2.91. The summed E-state index contributed by atoms with van der Waals surface area (Å²) in [6.07, 6.45) is 0. The minimum absolute atomic E-state index is 0. The summed E-state index contributed by atoms with van der Waals surface area (Å²) in [7, 11) is 0. The van der Waals surface area contributed by atoms with Gasteiger partial charge in [0.2, 0.25) is 0 Å². The van der Waals surface area contributed by atoms with E-state index in [4.69, 9.17) is 5.73 Å². The summed E-state index contributed by atoms with van der Waals surface area (Å²) in [6, 6.07) is 6.13. The molecule has 6 heteroatoms. The van der Waals surface area contributed by atoms with Crippen molar-refractivity contribution < 1.29 is 20.4 Å². The summed E-state index contributed by atoms with van der Waals surface area (Å²) >= 11 is 0. The summed E-state index contributed by atoms with van der Waals surface area (Å²) in [5.41, 5.74) is 7.57. The fraction of sp³-hybridized carbons (Fsp3) is 0.250. The molecule has 0 atom stereocenters. The third-order valence-corrected chi connectivity index (χ3v) is 3.85. The van der Waals surface area contributed by atoms with Crippen LogP contribution < -0.4 is 5.73 Å². The molecule has 0 unspecified atom stereocenters. The SMILES string of the molecule is Cc1c(O)ccc(C(CN)c2ccc(O)c(C)c2O)c1O.Cl. The third-order valence-electron chi connectivity index (χ3n) is 3.85. The molecule has 0 heterocycles. The predicted octanol–water partition coefficient (Wildman–Crippen LogP) is 2.64. The van der Waals surface area contributed by atoms with E-state index in [2.05, 4.69) is 0 Å². The number of benzene rings is 2. The lowest BCUT2D eigenvalue weighted by atomic mass is 9.87. The average molecular weight is 326 g/mol. The second-order valence-corrected chi connectivity index (χ2v) is 5.08. The Labute approximate surface area is 135 Å². The molecule has 0 radical (unpaired) electrons. The van der Waals surface area contributed by atoms with Gasteiger partial charge in [0.1, 0.15) is 23.0 Å². The number of hydrogen-bond acceptors (Lipinski definition) is 5. The molecule has 0 spiro atoms. The van der Waals surface area contributed by atoms with Gasteiger partial charge < -0.3 is 26.2 Å². The molecule has 2 rings (SSSR count). The minimum atomic E-state index is -0.441. The first kappa shape index (κ1) is 17.9. The van der Waals surface area contributed by atoms with Gasteiger partial charge in [0.25, 0.3) is 0 Å². The maximum Gasteiger partial charge on any atom is 0.126 e. The summed E-state index contributed by atoms with van der Waals surface area (Å²) in [6.45, 7) is 3.36. The zero-order valence-corrected chi connectivity index (χ0v) is 13.2. The van der Waals surface area contributed by atoms with Crippen LogP contribution >= 0.6 is 12.4 Å². The molecule has 0 fully saturated rings. The molecule has 2 aromatic rings. The lowest BCUT2D eigenvalue weighted by Gasteiger charge is -2.20. The number of phenols is 4. The van der Waals surface area contributed by atoms with Gasteiger partial charge in [0.15, 0.2) is 0 Å². The predicted molar refractivity (Wildman–Crippen MR) is 87.2 cm³/mol.